The van der Waals surface area contributed by atoms with Crippen molar-refractivity contribution in [2.75, 3.05) is 6.54 Å². The van der Waals surface area contributed by atoms with Gasteiger partial charge in [-0.1, -0.05) is 37.3 Å². The topological polar surface area (TPSA) is 51.0 Å². The number of pyridine rings is 1. The molecule has 1 atom stereocenters. The Morgan fingerprint density at radius 1 is 1.19 bits per heavy atom. The van der Waals surface area contributed by atoms with Crippen LogP contribution in [0.2, 0.25) is 0 Å². The third-order valence-electron chi connectivity index (χ3n) is 5.57. The van der Waals surface area contributed by atoms with Gasteiger partial charge in [-0.05, 0) is 38.7 Å². The average Bonchev–Trinajstić information content (AvgIpc) is 3.16. The van der Waals surface area contributed by atoms with Crippen molar-refractivity contribution in [1.29, 1.82) is 0 Å². The van der Waals surface area contributed by atoms with E-state index in [4.69, 9.17) is 4.98 Å². The van der Waals surface area contributed by atoms with Crippen LogP contribution in [0.3, 0.4) is 0 Å². The van der Waals surface area contributed by atoms with Gasteiger partial charge in [0.2, 0.25) is 0 Å². The van der Waals surface area contributed by atoms with E-state index in [2.05, 4.69) is 16.9 Å². The molecule has 0 bridgehead atoms. The van der Waals surface area contributed by atoms with Crippen LogP contribution in [0.4, 0.5) is 0 Å². The van der Waals surface area contributed by atoms with Gasteiger partial charge in [0.25, 0.3) is 5.91 Å². The van der Waals surface area contributed by atoms with Crippen molar-refractivity contribution in [3.05, 3.63) is 48.2 Å². The molecule has 3 aromatic rings. The normalized spacial score (nSPS) is 17.4. The number of hydrogen-bond acceptors (Lipinski definition) is 3. The molecule has 5 nitrogen and oxygen atoms in total. The maximum Gasteiger partial charge on any atom is 0.254 e. The number of fused-ring (bicyclic) bond motifs is 1. The minimum atomic E-state index is 0.113. The molecule has 0 saturated carbocycles. The number of carbonyl (C=O) groups excluding carboxylic acids is 1. The highest BCUT2D eigenvalue weighted by molar-refractivity contribution is 6.06. The largest absolute Gasteiger partial charge is 0.336 e. The highest BCUT2D eigenvalue weighted by Crippen LogP contribution is 2.28. The van der Waals surface area contributed by atoms with Crippen LogP contribution in [0.25, 0.3) is 22.3 Å². The summed E-state index contributed by atoms with van der Waals surface area (Å²) in [5, 5.41) is 5.31. The van der Waals surface area contributed by atoms with Gasteiger partial charge >= 0.3 is 0 Å². The Morgan fingerprint density at radius 2 is 2.00 bits per heavy atom. The lowest BCUT2D eigenvalue weighted by Gasteiger charge is -2.35. The quantitative estimate of drug-likeness (QED) is 0.685. The van der Waals surface area contributed by atoms with Crippen LogP contribution in [-0.4, -0.2) is 38.2 Å². The third kappa shape index (κ3) is 3.22. The van der Waals surface area contributed by atoms with Crippen molar-refractivity contribution in [2.45, 2.75) is 52.1 Å². The number of aryl methyl sites for hydroxylation is 1. The van der Waals surface area contributed by atoms with Gasteiger partial charge < -0.3 is 4.90 Å². The van der Waals surface area contributed by atoms with Crippen LogP contribution >= 0.6 is 0 Å². The van der Waals surface area contributed by atoms with Gasteiger partial charge in [0, 0.05) is 24.7 Å². The number of aromatic nitrogens is 3. The molecule has 4 rings (SSSR count). The first kappa shape index (κ1) is 17.7. The molecule has 0 aliphatic carbocycles. The zero-order valence-electron chi connectivity index (χ0n) is 16.1. The molecule has 0 spiro atoms. The predicted octanol–water partition coefficient (Wildman–Crippen LogP) is 4.52. The summed E-state index contributed by atoms with van der Waals surface area (Å²) in [7, 11) is 0. The van der Waals surface area contributed by atoms with Gasteiger partial charge in [-0.15, -0.1) is 0 Å². The van der Waals surface area contributed by atoms with Crippen molar-refractivity contribution >= 4 is 16.9 Å². The van der Waals surface area contributed by atoms with Crippen molar-refractivity contribution < 1.29 is 4.79 Å². The van der Waals surface area contributed by atoms with E-state index in [1.165, 1.54) is 6.42 Å². The van der Waals surface area contributed by atoms with Crippen molar-refractivity contribution in [3.63, 3.8) is 0 Å². The lowest BCUT2D eigenvalue weighted by Crippen LogP contribution is -2.43. The lowest BCUT2D eigenvalue weighted by molar-refractivity contribution is 0.0610. The highest BCUT2D eigenvalue weighted by Gasteiger charge is 2.28. The van der Waals surface area contributed by atoms with E-state index in [0.717, 1.165) is 60.2 Å². The molecule has 5 heteroatoms. The Bertz CT molecular complexity index is 948. The third-order valence-corrected chi connectivity index (χ3v) is 5.57. The van der Waals surface area contributed by atoms with Gasteiger partial charge in [0.05, 0.1) is 22.8 Å². The Kier molecular flexibility index (Phi) is 4.92. The second-order valence-corrected chi connectivity index (χ2v) is 7.18. The van der Waals surface area contributed by atoms with Crippen LogP contribution in [0.5, 0.6) is 0 Å². The Balaban J connectivity index is 1.86. The predicted molar refractivity (Wildman–Crippen MR) is 108 cm³/mol. The van der Waals surface area contributed by atoms with Gasteiger partial charge in [0.15, 0.2) is 5.65 Å². The smallest absolute Gasteiger partial charge is 0.254 e. The molecule has 1 fully saturated rings. The Morgan fingerprint density at radius 3 is 2.74 bits per heavy atom. The molecule has 1 saturated heterocycles. The summed E-state index contributed by atoms with van der Waals surface area (Å²) < 4.78 is 1.87. The lowest BCUT2D eigenvalue weighted by atomic mass is 9.98. The van der Waals surface area contributed by atoms with Crippen molar-refractivity contribution in [3.8, 4) is 11.3 Å². The summed E-state index contributed by atoms with van der Waals surface area (Å²) in [6.45, 7) is 5.78. The summed E-state index contributed by atoms with van der Waals surface area (Å²) in [5.74, 6) is 0.113. The van der Waals surface area contributed by atoms with Crippen LogP contribution in [-0.2, 0) is 6.54 Å². The van der Waals surface area contributed by atoms with Gasteiger partial charge in [-0.25, -0.2) is 9.67 Å². The van der Waals surface area contributed by atoms with E-state index < -0.39 is 0 Å². The van der Waals surface area contributed by atoms with Gasteiger partial charge in [0.1, 0.15) is 0 Å². The van der Waals surface area contributed by atoms with E-state index >= 15 is 0 Å². The number of nitrogens with zero attached hydrogens (tertiary/aromatic N) is 4. The van der Waals surface area contributed by atoms with E-state index in [1.54, 1.807) is 6.20 Å². The van der Waals surface area contributed by atoms with E-state index in [9.17, 15) is 4.79 Å². The number of carbonyl (C=O) groups is 1. The molecule has 1 aliphatic rings. The number of rotatable bonds is 4. The van der Waals surface area contributed by atoms with Crippen molar-refractivity contribution in [2.24, 2.45) is 0 Å². The van der Waals surface area contributed by atoms with E-state index in [-0.39, 0.29) is 5.91 Å². The fourth-order valence-corrected chi connectivity index (χ4v) is 4.06. The zero-order valence-corrected chi connectivity index (χ0v) is 16.1. The number of likely N-dealkylation sites (tertiary alicyclic amines) is 1. The number of benzene rings is 1. The van der Waals surface area contributed by atoms with Gasteiger partial charge in [-0.2, -0.15) is 5.10 Å². The molecular formula is C22H26N4O. The average molecular weight is 362 g/mol. The number of piperidine rings is 1. The summed E-state index contributed by atoms with van der Waals surface area (Å²) in [4.78, 5) is 20.4. The zero-order chi connectivity index (χ0) is 18.8. The first-order valence-corrected chi connectivity index (χ1v) is 9.95. The Labute approximate surface area is 160 Å². The molecule has 0 radical (unpaired) electrons. The maximum atomic E-state index is 13.5. The molecule has 140 valence electrons. The second kappa shape index (κ2) is 7.51. The molecular weight excluding hydrogens is 336 g/mol. The Hall–Kier alpha value is -2.69. The van der Waals surface area contributed by atoms with Crippen molar-refractivity contribution in [1.82, 2.24) is 19.7 Å². The molecule has 0 N–H and O–H groups in total. The summed E-state index contributed by atoms with van der Waals surface area (Å²) in [6.07, 6.45) is 6.17. The molecule has 3 heterocycles. The molecule has 1 aromatic carbocycles. The summed E-state index contributed by atoms with van der Waals surface area (Å²) in [6, 6.07) is 12.3. The minimum absolute atomic E-state index is 0.113. The van der Waals surface area contributed by atoms with Crippen LogP contribution in [0.15, 0.2) is 42.6 Å². The standard InChI is InChI=1S/C22H26N4O/c1-3-17-12-8-9-13-25(17)22(27)18-14-20(16-10-6-5-7-11-16)24-21-19(18)15-23-26(21)4-2/h5-7,10-11,14-15,17H,3-4,8-9,12-13H2,1-2H3/t17-/m0/s1. The second-order valence-electron chi connectivity index (χ2n) is 7.18. The maximum absolute atomic E-state index is 13.5. The monoisotopic (exact) mass is 362 g/mol. The SMILES string of the molecule is CC[C@H]1CCCCN1C(=O)c1cc(-c2ccccc2)nc2c1cnn2CC. The first-order chi connectivity index (χ1) is 13.2. The summed E-state index contributed by atoms with van der Waals surface area (Å²) >= 11 is 0. The highest BCUT2D eigenvalue weighted by atomic mass is 16.2. The molecule has 1 aliphatic heterocycles. The van der Waals surface area contributed by atoms with E-state index in [0.29, 0.717) is 6.04 Å². The fourth-order valence-electron chi connectivity index (χ4n) is 4.06. The van der Waals surface area contributed by atoms with Crippen LogP contribution in [0, 0.1) is 0 Å². The van der Waals surface area contributed by atoms with Crippen LogP contribution < -0.4 is 0 Å². The fraction of sp³-hybridized carbons (Fsp3) is 0.409. The molecule has 1 amide bonds. The molecule has 2 aromatic heterocycles. The minimum Gasteiger partial charge on any atom is -0.336 e. The number of amides is 1. The molecule has 27 heavy (non-hydrogen) atoms. The number of hydrogen-bond donors (Lipinski definition) is 0. The first-order valence-electron chi connectivity index (χ1n) is 9.95. The molecule has 0 unspecified atom stereocenters. The van der Waals surface area contributed by atoms with E-state index in [1.807, 2.05) is 48.0 Å². The van der Waals surface area contributed by atoms with Gasteiger partial charge in [-0.3, -0.25) is 4.79 Å². The summed E-state index contributed by atoms with van der Waals surface area (Å²) in [5.41, 5.74) is 3.35. The van der Waals surface area contributed by atoms with Crippen LogP contribution in [0.1, 0.15) is 49.9 Å².